The standard InChI is InChI=1S/C12H15BrClNO2/c1-15(7-4-8-17-2)12(16)9-5-3-6-10(13)11(9)14/h3,5-6H,4,7-8H2,1-2H3. The van der Waals surface area contributed by atoms with Crippen LogP contribution in [0.25, 0.3) is 0 Å². The van der Waals surface area contributed by atoms with Crippen LogP contribution in [0.15, 0.2) is 22.7 Å². The maximum atomic E-state index is 12.1. The van der Waals surface area contributed by atoms with Crippen molar-refractivity contribution in [3.05, 3.63) is 33.3 Å². The van der Waals surface area contributed by atoms with Crippen LogP contribution in [0.1, 0.15) is 16.8 Å². The number of hydrogen-bond donors (Lipinski definition) is 0. The highest BCUT2D eigenvalue weighted by Gasteiger charge is 2.15. The van der Waals surface area contributed by atoms with E-state index in [-0.39, 0.29) is 5.91 Å². The van der Waals surface area contributed by atoms with Crippen molar-refractivity contribution in [2.24, 2.45) is 0 Å². The zero-order chi connectivity index (χ0) is 12.8. The van der Waals surface area contributed by atoms with E-state index in [2.05, 4.69) is 15.9 Å². The molecule has 0 bridgehead atoms. The van der Waals surface area contributed by atoms with Gasteiger partial charge >= 0.3 is 0 Å². The summed E-state index contributed by atoms with van der Waals surface area (Å²) in [6, 6.07) is 5.33. The lowest BCUT2D eigenvalue weighted by atomic mass is 10.2. The average molecular weight is 321 g/mol. The van der Waals surface area contributed by atoms with Gasteiger partial charge in [-0.3, -0.25) is 4.79 Å². The Morgan fingerprint density at radius 2 is 2.24 bits per heavy atom. The summed E-state index contributed by atoms with van der Waals surface area (Å²) in [5.41, 5.74) is 0.515. The van der Waals surface area contributed by atoms with Crippen molar-refractivity contribution in [3.63, 3.8) is 0 Å². The molecule has 0 aliphatic heterocycles. The van der Waals surface area contributed by atoms with Crippen molar-refractivity contribution in [1.82, 2.24) is 4.90 Å². The van der Waals surface area contributed by atoms with Crippen LogP contribution in [0.4, 0.5) is 0 Å². The fourth-order valence-corrected chi connectivity index (χ4v) is 2.00. The summed E-state index contributed by atoms with van der Waals surface area (Å²) in [5, 5.41) is 0.455. The SMILES string of the molecule is COCCCN(C)C(=O)c1cccc(Br)c1Cl. The number of nitrogens with zero attached hydrogens (tertiary/aromatic N) is 1. The third-order valence-corrected chi connectivity index (χ3v) is 3.67. The molecule has 0 saturated carbocycles. The molecule has 0 aromatic heterocycles. The van der Waals surface area contributed by atoms with Crippen molar-refractivity contribution < 1.29 is 9.53 Å². The minimum atomic E-state index is -0.0765. The number of hydrogen-bond acceptors (Lipinski definition) is 2. The van der Waals surface area contributed by atoms with E-state index in [0.717, 1.165) is 10.9 Å². The van der Waals surface area contributed by atoms with Gasteiger partial charge in [-0.2, -0.15) is 0 Å². The minimum Gasteiger partial charge on any atom is -0.385 e. The van der Waals surface area contributed by atoms with Crippen LogP contribution in [-0.2, 0) is 4.74 Å². The Labute approximate surface area is 115 Å². The van der Waals surface area contributed by atoms with Crippen LogP contribution >= 0.6 is 27.5 Å². The maximum Gasteiger partial charge on any atom is 0.255 e. The highest BCUT2D eigenvalue weighted by Crippen LogP contribution is 2.26. The molecule has 17 heavy (non-hydrogen) atoms. The first-order chi connectivity index (χ1) is 8.07. The van der Waals surface area contributed by atoms with E-state index >= 15 is 0 Å². The molecule has 0 atom stereocenters. The molecule has 94 valence electrons. The van der Waals surface area contributed by atoms with Crippen molar-refractivity contribution in [2.75, 3.05) is 27.3 Å². The van der Waals surface area contributed by atoms with Crippen LogP contribution in [0.2, 0.25) is 5.02 Å². The first-order valence-electron chi connectivity index (χ1n) is 5.26. The fraction of sp³-hybridized carbons (Fsp3) is 0.417. The third-order valence-electron chi connectivity index (χ3n) is 2.37. The minimum absolute atomic E-state index is 0.0765. The van der Waals surface area contributed by atoms with Gasteiger partial charge in [0.25, 0.3) is 5.91 Å². The van der Waals surface area contributed by atoms with Gasteiger partial charge in [-0.25, -0.2) is 0 Å². The van der Waals surface area contributed by atoms with Gasteiger partial charge in [-0.1, -0.05) is 17.7 Å². The first-order valence-corrected chi connectivity index (χ1v) is 6.43. The van der Waals surface area contributed by atoms with Gasteiger partial charge in [0.15, 0.2) is 0 Å². The molecule has 3 nitrogen and oxygen atoms in total. The molecule has 0 aliphatic carbocycles. The van der Waals surface area contributed by atoms with Gasteiger partial charge < -0.3 is 9.64 Å². The van der Waals surface area contributed by atoms with Crippen LogP contribution in [0.5, 0.6) is 0 Å². The van der Waals surface area contributed by atoms with Crippen LogP contribution in [0, 0.1) is 0 Å². The maximum absolute atomic E-state index is 12.1. The molecule has 1 rings (SSSR count). The molecule has 0 aliphatic rings. The Bertz CT molecular complexity index is 398. The van der Waals surface area contributed by atoms with E-state index in [4.69, 9.17) is 16.3 Å². The lowest BCUT2D eigenvalue weighted by molar-refractivity contribution is 0.0779. The second-order valence-corrected chi connectivity index (χ2v) is 4.91. The van der Waals surface area contributed by atoms with Gasteiger partial charge in [-0.15, -0.1) is 0 Å². The number of halogens is 2. The molecule has 1 aromatic rings. The zero-order valence-electron chi connectivity index (χ0n) is 9.87. The predicted octanol–water partition coefficient (Wildman–Crippen LogP) is 3.21. The molecule has 1 amide bonds. The van der Waals surface area contributed by atoms with Crippen molar-refractivity contribution in [1.29, 1.82) is 0 Å². The molecule has 0 radical (unpaired) electrons. The molecule has 0 spiro atoms. The topological polar surface area (TPSA) is 29.5 Å². The number of carbonyl (C=O) groups excluding carboxylic acids is 1. The summed E-state index contributed by atoms with van der Waals surface area (Å²) in [6.07, 6.45) is 0.810. The number of carbonyl (C=O) groups is 1. The summed E-state index contributed by atoms with van der Waals surface area (Å²) in [7, 11) is 3.40. The van der Waals surface area contributed by atoms with Gasteiger partial charge in [0, 0.05) is 31.8 Å². The number of methoxy groups -OCH3 is 1. The summed E-state index contributed by atoms with van der Waals surface area (Å²) in [4.78, 5) is 13.7. The Morgan fingerprint density at radius 1 is 1.53 bits per heavy atom. The average Bonchev–Trinajstić information content (AvgIpc) is 2.32. The molecule has 0 unspecified atom stereocenters. The molecule has 0 N–H and O–H groups in total. The monoisotopic (exact) mass is 319 g/mol. The Kier molecular flexibility index (Phi) is 5.95. The summed E-state index contributed by atoms with van der Waals surface area (Å²) in [5.74, 6) is -0.0765. The Hall–Kier alpha value is -0.580. The molecule has 0 fully saturated rings. The first kappa shape index (κ1) is 14.5. The van der Waals surface area contributed by atoms with E-state index in [0.29, 0.717) is 23.7 Å². The van der Waals surface area contributed by atoms with Crippen LogP contribution < -0.4 is 0 Å². The van der Waals surface area contributed by atoms with Gasteiger partial charge in [0.2, 0.25) is 0 Å². The summed E-state index contributed by atoms with van der Waals surface area (Å²) < 4.78 is 5.68. The number of benzene rings is 1. The molecule has 0 saturated heterocycles. The molecule has 5 heteroatoms. The Morgan fingerprint density at radius 3 is 2.88 bits per heavy atom. The van der Waals surface area contributed by atoms with Gasteiger partial charge in [0.05, 0.1) is 10.6 Å². The van der Waals surface area contributed by atoms with E-state index in [1.165, 1.54) is 0 Å². The van der Waals surface area contributed by atoms with Gasteiger partial charge in [0.1, 0.15) is 0 Å². The summed E-state index contributed by atoms with van der Waals surface area (Å²) in [6.45, 7) is 1.29. The highest BCUT2D eigenvalue weighted by molar-refractivity contribution is 9.10. The van der Waals surface area contributed by atoms with E-state index in [1.807, 2.05) is 6.07 Å². The van der Waals surface area contributed by atoms with Gasteiger partial charge in [-0.05, 0) is 34.5 Å². The normalized spacial score (nSPS) is 10.4. The van der Waals surface area contributed by atoms with Crippen molar-refractivity contribution in [3.8, 4) is 0 Å². The molecular formula is C12H15BrClNO2. The quantitative estimate of drug-likeness (QED) is 0.780. The van der Waals surface area contributed by atoms with E-state index in [1.54, 1.807) is 31.2 Å². The smallest absolute Gasteiger partial charge is 0.255 e. The molecule has 1 aromatic carbocycles. The highest BCUT2D eigenvalue weighted by atomic mass is 79.9. The Balaban J connectivity index is 2.71. The van der Waals surface area contributed by atoms with Crippen LogP contribution in [-0.4, -0.2) is 38.1 Å². The second-order valence-electron chi connectivity index (χ2n) is 3.67. The zero-order valence-corrected chi connectivity index (χ0v) is 12.2. The van der Waals surface area contributed by atoms with Crippen LogP contribution in [0.3, 0.4) is 0 Å². The van der Waals surface area contributed by atoms with E-state index < -0.39 is 0 Å². The lowest BCUT2D eigenvalue weighted by Gasteiger charge is -2.17. The van der Waals surface area contributed by atoms with E-state index in [9.17, 15) is 4.79 Å². The second kappa shape index (κ2) is 6.99. The third kappa shape index (κ3) is 3.98. The number of amides is 1. The largest absolute Gasteiger partial charge is 0.385 e. The van der Waals surface area contributed by atoms with Crippen molar-refractivity contribution >= 4 is 33.4 Å². The molecular weight excluding hydrogens is 305 g/mol. The number of rotatable bonds is 5. The fourth-order valence-electron chi connectivity index (χ4n) is 1.42. The van der Waals surface area contributed by atoms with Crippen molar-refractivity contribution in [2.45, 2.75) is 6.42 Å². The number of ether oxygens (including phenoxy) is 1. The summed E-state index contributed by atoms with van der Waals surface area (Å²) >= 11 is 9.38. The predicted molar refractivity (Wildman–Crippen MR) is 72.6 cm³/mol. The lowest BCUT2D eigenvalue weighted by Crippen LogP contribution is -2.28. The molecule has 0 heterocycles.